The molecule has 0 saturated heterocycles. The van der Waals surface area contributed by atoms with Gasteiger partial charge in [0, 0.05) is 0 Å². The molecule has 3 nitrogen and oxygen atoms in total. The van der Waals surface area contributed by atoms with Crippen molar-refractivity contribution in [1.29, 1.82) is 0 Å². The number of hydrogen-bond acceptors (Lipinski definition) is 2. The molecule has 0 spiro atoms. The average molecular weight is 247 g/mol. The highest BCUT2D eigenvalue weighted by atomic mass is 19.3. The Balaban J connectivity index is 2.68. The Hall–Kier alpha value is -1.56. The van der Waals surface area contributed by atoms with E-state index in [1.165, 1.54) is 6.07 Å². The summed E-state index contributed by atoms with van der Waals surface area (Å²) in [6.07, 6.45) is -2.50. The fraction of sp³-hybridized carbons (Fsp3) is 0.364. The van der Waals surface area contributed by atoms with Crippen LogP contribution in [0.25, 0.3) is 0 Å². The molecule has 1 rings (SSSR count). The van der Waals surface area contributed by atoms with Crippen LogP contribution < -0.4 is 5.73 Å². The van der Waals surface area contributed by atoms with Crippen LogP contribution in [0.3, 0.4) is 0 Å². The van der Waals surface area contributed by atoms with Gasteiger partial charge in [-0.15, -0.1) is 0 Å². The second-order valence-corrected chi connectivity index (χ2v) is 3.64. The summed E-state index contributed by atoms with van der Waals surface area (Å²) in [6, 6.07) is 2.30. The van der Waals surface area contributed by atoms with Gasteiger partial charge in [-0.2, -0.15) is 0 Å². The van der Waals surface area contributed by atoms with Crippen LogP contribution in [0.4, 0.5) is 13.2 Å². The van der Waals surface area contributed by atoms with Crippen LogP contribution in [-0.4, -0.2) is 17.1 Å². The molecule has 1 atom stereocenters. The van der Waals surface area contributed by atoms with Crippen molar-refractivity contribution in [1.82, 2.24) is 0 Å². The van der Waals surface area contributed by atoms with E-state index in [0.29, 0.717) is 5.56 Å². The molecule has 0 bridgehead atoms. The lowest BCUT2D eigenvalue weighted by atomic mass is 10.0. The molecular weight excluding hydrogens is 235 g/mol. The molecular formula is C11H12F3NO2. The molecule has 0 aliphatic rings. The van der Waals surface area contributed by atoms with E-state index in [0.717, 1.165) is 12.1 Å². The molecule has 0 amide bonds. The minimum absolute atomic E-state index is 0.128. The van der Waals surface area contributed by atoms with Crippen molar-refractivity contribution in [3.63, 3.8) is 0 Å². The van der Waals surface area contributed by atoms with Crippen molar-refractivity contribution in [2.45, 2.75) is 25.3 Å². The maximum atomic E-state index is 13.2. The van der Waals surface area contributed by atoms with Crippen molar-refractivity contribution < 1.29 is 23.1 Å². The Morgan fingerprint density at radius 3 is 2.53 bits per heavy atom. The second-order valence-electron chi connectivity index (χ2n) is 3.64. The van der Waals surface area contributed by atoms with Crippen molar-refractivity contribution >= 4 is 5.97 Å². The predicted molar refractivity (Wildman–Crippen MR) is 55.3 cm³/mol. The number of aryl methyl sites for hydroxylation is 1. The topological polar surface area (TPSA) is 63.3 Å². The lowest BCUT2D eigenvalue weighted by Gasteiger charge is -2.08. The molecule has 94 valence electrons. The molecule has 1 aromatic rings. The maximum absolute atomic E-state index is 13.2. The third-order valence-corrected chi connectivity index (χ3v) is 2.36. The lowest BCUT2D eigenvalue weighted by Crippen LogP contribution is -2.30. The standard InChI is InChI=1S/C11H12F3NO2/c12-8-5-6(1-3-7(8)10(13)14)2-4-9(15)11(16)17/h1,3,5,9-10H,2,4,15H2,(H,16,17)/t9-/m0/s1. The molecule has 1 aromatic carbocycles. The van der Waals surface area contributed by atoms with Crippen molar-refractivity contribution in [2.75, 3.05) is 0 Å². The first-order valence-electron chi connectivity index (χ1n) is 4.96. The highest BCUT2D eigenvalue weighted by Gasteiger charge is 2.15. The zero-order chi connectivity index (χ0) is 13.0. The van der Waals surface area contributed by atoms with Gasteiger partial charge < -0.3 is 10.8 Å². The predicted octanol–water partition coefficient (Wildman–Crippen LogP) is 2.11. The van der Waals surface area contributed by atoms with Gasteiger partial charge in [0.05, 0.1) is 5.56 Å². The van der Waals surface area contributed by atoms with Gasteiger partial charge in [-0.3, -0.25) is 4.79 Å². The van der Waals surface area contributed by atoms with Gasteiger partial charge >= 0.3 is 5.97 Å². The Morgan fingerprint density at radius 2 is 2.06 bits per heavy atom. The number of carboxylic acids is 1. The molecule has 0 fully saturated rings. The smallest absolute Gasteiger partial charge is 0.320 e. The number of halogens is 3. The molecule has 3 N–H and O–H groups in total. The number of nitrogens with two attached hydrogens (primary N) is 1. The number of alkyl halides is 2. The summed E-state index contributed by atoms with van der Waals surface area (Å²) in [5.74, 6) is -2.13. The normalized spacial score (nSPS) is 12.8. The summed E-state index contributed by atoms with van der Waals surface area (Å²) < 4.78 is 37.6. The number of aliphatic carboxylic acids is 1. The first kappa shape index (κ1) is 13.5. The third kappa shape index (κ3) is 3.74. The molecule has 0 saturated carbocycles. The zero-order valence-corrected chi connectivity index (χ0v) is 8.87. The van der Waals surface area contributed by atoms with Crippen LogP contribution in [0.2, 0.25) is 0 Å². The summed E-state index contributed by atoms with van der Waals surface area (Å²) in [5.41, 5.74) is 5.06. The lowest BCUT2D eigenvalue weighted by molar-refractivity contribution is -0.138. The number of carbonyl (C=O) groups is 1. The SMILES string of the molecule is N[C@@H](CCc1ccc(C(F)F)c(F)c1)C(=O)O. The van der Waals surface area contributed by atoms with Gasteiger partial charge in [0.1, 0.15) is 11.9 Å². The summed E-state index contributed by atoms with van der Waals surface area (Å²) in [4.78, 5) is 10.4. The van der Waals surface area contributed by atoms with Crippen LogP contribution in [0.5, 0.6) is 0 Å². The maximum Gasteiger partial charge on any atom is 0.320 e. The van der Waals surface area contributed by atoms with E-state index in [2.05, 4.69) is 0 Å². The summed E-state index contributed by atoms with van der Waals surface area (Å²) in [6.45, 7) is 0. The van der Waals surface area contributed by atoms with Gasteiger partial charge in [0.2, 0.25) is 0 Å². The molecule has 0 aliphatic heterocycles. The van der Waals surface area contributed by atoms with E-state index in [1.54, 1.807) is 0 Å². The molecule has 0 aromatic heterocycles. The van der Waals surface area contributed by atoms with Gasteiger partial charge in [0.25, 0.3) is 6.43 Å². The van der Waals surface area contributed by atoms with Crippen LogP contribution in [-0.2, 0) is 11.2 Å². The van der Waals surface area contributed by atoms with Crippen LogP contribution in [0.15, 0.2) is 18.2 Å². The van der Waals surface area contributed by atoms with Crippen molar-refractivity contribution in [3.05, 3.63) is 35.1 Å². The average Bonchev–Trinajstić information content (AvgIpc) is 2.25. The summed E-state index contributed by atoms with van der Waals surface area (Å²) >= 11 is 0. The van der Waals surface area contributed by atoms with Gasteiger partial charge in [0.15, 0.2) is 0 Å². The molecule has 6 heteroatoms. The third-order valence-electron chi connectivity index (χ3n) is 2.36. The number of hydrogen-bond donors (Lipinski definition) is 2. The van der Waals surface area contributed by atoms with E-state index < -0.39 is 29.8 Å². The Labute approximate surface area is 96.0 Å². The van der Waals surface area contributed by atoms with Gasteiger partial charge in [-0.05, 0) is 24.5 Å². The van der Waals surface area contributed by atoms with Crippen molar-refractivity contribution in [3.8, 4) is 0 Å². The van der Waals surface area contributed by atoms with E-state index in [9.17, 15) is 18.0 Å². The van der Waals surface area contributed by atoms with E-state index in [-0.39, 0.29) is 12.8 Å². The van der Waals surface area contributed by atoms with E-state index >= 15 is 0 Å². The van der Waals surface area contributed by atoms with Crippen molar-refractivity contribution in [2.24, 2.45) is 5.73 Å². The first-order valence-corrected chi connectivity index (χ1v) is 4.96. The first-order chi connectivity index (χ1) is 7.91. The number of rotatable bonds is 5. The van der Waals surface area contributed by atoms with Crippen LogP contribution in [0, 0.1) is 5.82 Å². The Bertz CT molecular complexity index is 410. The molecule has 0 heterocycles. The quantitative estimate of drug-likeness (QED) is 0.837. The minimum atomic E-state index is -2.86. The van der Waals surface area contributed by atoms with Gasteiger partial charge in [-0.1, -0.05) is 12.1 Å². The molecule has 0 radical (unpaired) electrons. The molecule has 0 aliphatic carbocycles. The molecule has 0 unspecified atom stereocenters. The summed E-state index contributed by atoms with van der Waals surface area (Å²) in [7, 11) is 0. The second kappa shape index (κ2) is 5.67. The fourth-order valence-corrected chi connectivity index (χ4v) is 1.35. The fourth-order valence-electron chi connectivity index (χ4n) is 1.35. The number of carboxylic acid groups (broad SMARTS) is 1. The van der Waals surface area contributed by atoms with Gasteiger partial charge in [-0.25, -0.2) is 13.2 Å². The van der Waals surface area contributed by atoms with E-state index in [1.807, 2.05) is 0 Å². The Kier molecular flexibility index (Phi) is 4.51. The summed E-state index contributed by atoms with van der Waals surface area (Å²) in [5, 5.41) is 8.53. The van der Waals surface area contributed by atoms with Crippen LogP contribution >= 0.6 is 0 Å². The highest BCUT2D eigenvalue weighted by Crippen LogP contribution is 2.23. The van der Waals surface area contributed by atoms with Crippen LogP contribution in [0.1, 0.15) is 24.0 Å². The minimum Gasteiger partial charge on any atom is -0.480 e. The number of benzene rings is 1. The molecule has 17 heavy (non-hydrogen) atoms. The zero-order valence-electron chi connectivity index (χ0n) is 8.87. The largest absolute Gasteiger partial charge is 0.480 e. The van der Waals surface area contributed by atoms with E-state index in [4.69, 9.17) is 10.8 Å². The monoisotopic (exact) mass is 247 g/mol. The Morgan fingerprint density at radius 1 is 1.41 bits per heavy atom. The highest BCUT2D eigenvalue weighted by molar-refractivity contribution is 5.73.